The molecule has 1 nitrogen and oxygen atoms in total. The van der Waals surface area contributed by atoms with Crippen LogP contribution in [0.1, 0.15) is 60.9 Å². The molecule has 0 heterocycles. The Morgan fingerprint density at radius 2 is 1.00 bits per heavy atom. The van der Waals surface area contributed by atoms with Gasteiger partial charge >= 0.3 is 0 Å². The largest absolute Gasteiger partial charge is 0.311 e. The predicted octanol–water partition coefficient (Wildman–Crippen LogP) is 11.0. The van der Waals surface area contributed by atoms with Gasteiger partial charge in [0.05, 0.1) is 0 Å². The summed E-state index contributed by atoms with van der Waals surface area (Å²) in [6, 6.07) is 48.3. The first-order valence-corrected chi connectivity index (χ1v) is 14.7. The molecule has 5 rings (SSSR count). The third-order valence-electron chi connectivity index (χ3n) is 7.50. The fourth-order valence-electron chi connectivity index (χ4n) is 5.17. The summed E-state index contributed by atoms with van der Waals surface area (Å²) >= 11 is 0. The zero-order chi connectivity index (χ0) is 27.6. The molecule has 5 aromatic rings. The SMILES string of the molecule is CCCCCc1ccc(N(c2ccc(C=C(c3ccccc3)c3ccccc3)cc2)c2ccc(CC)cc2)cc1. The standard InChI is InChI=1S/C39H39N/c1-3-5-8-13-32-20-26-37(27-21-32)40(36-24-18-31(4-2)19-25-36)38-28-22-33(23-29-38)30-39(34-14-9-6-10-15-34)35-16-11-7-12-17-35/h6-7,9-12,14-30H,3-5,8,13H2,1-2H3. The lowest BCUT2D eigenvalue weighted by molar-refractivity contribution is 0.717. The lowest BCUT2D eigenvalue weighted by Gasteiger charge is -2.26. The minimum absolute atomic E-state index is 1.04. The maximum Gasteiger partial charge on any atom is 0.0462 e. The lowest BCUT2D eigenvalue weighted by atomic mass is 9.95. The second-order valence-electron chi connectivity index (χ2n) is 10.4. The van der Waals surface area contributed by atoms with Gasteiger partial charge < -0.3 is 4.90 Å². The Morgan fingerprint density at radius 3 is 1.48 bits per heavy atom. The van der Waals surface area contributed by atoms with Crippen molar-refractivity contribution >= 4 is 28.7 Å². The number of aryl methyl sites for hydroxylation is 2. The van der Waals surface area contributed by atoms with Gasteiger partial charge in [-0.05, 0) is 95.1 Å². The number of nitrogens with zero attached hydrogens (tertiary/aromatic N) is 1. The van der Waals surface area contributed by atoms with Gasteiger partial charge in [0.1, 0.15) is 0 Å². The Labute approximate surface area is 240 Å². The zero-order valence-electron chi connectivity index (χ0n) is 23.8. The van der Waals surface area contributed by atoms with Gasteiger partial charge in [0.2, 0.25) is 0 Å². The highest BCUT2D eigenvalue weighted by molar-refractivity contribution is 5.91. The fraction of sp³-hybridized carbons (Fsp3) is 0.179. The van der Waals surface area contributed by atoms with Crippen molar-refractivity contribution < 1.29 is 0 Å². The number of benzene rings is 5. The quantitative estimate of drug-likeness (QED) is 0.123. The summed E-state index contributed by atoms with van der Waals surface area (Å²) in [7, 11) is 0. The fourth-order valence-corrected chi connectivity index (χ4v) is 5.17. The van der Waals surface area contributed by atoms with E-state index >= 15 is 0 Å². The monoisotopic (exact) mass is 521 g/mol. The van der Waals surface area contributed by atoms with Crippen LogP contribution in [-0.2, 0) is 12.8 Å². The molecule has 0 spiro atoms. The van der Waals surface area contributed by atoms with E-state index in [0.717, 1.165) is 18.5 Å². The molecule has 0 radical (unpaired) electrons. The van der Waals surface area contributed by atoms with Gasteiger partial charge in [0, 0.05) is 17.1 Å². The van der Waals surface area contributed by atoms with Crippen LogP contribution in [0.5, 0.6) is 0 Å². The van der Waals surface area contributed by atoms with Crippen LogP contribution in [-0.4, -0.2) is 0 Å². The van der Waals surface area contributed by atoms with Gasteiger partial charge in [-0.1, -0.05) is 124 Å². The summed E-state index contributed by atoms with van der Waals surface area (Å²) in [4.78, 5) is 2.36. The van der Waals surface area contributed by atoms with Crippen LogP contribution in [0.15, 0.2) is 133 Å². The second kappa shape index (κ2) is 13.6. The maximum atomic E-state index is 2.36. The first-order chi connectivity index (χ1) is 19.7. The van der Waals surface area contributed by atoms with E-state index in [4.69, 9.17) is 0 Å². The van der Waals surface area contributed by atoms with E-state index in [2.05, 4.69) is 158 Å². The minimum Gasteiger partial charge on any atom is -0.311 e. The van der Waals surface area contributed by atoms with Gasteiger partial charge in [-0.25, -0.2) is 0 Å². The van der Waals surface area contributed by atoms with Gasteiger partial charge in [0.15, 0.2) is 0 Å². The predicted molar refractivity (Wildman–Crippen MR) is 174 cm³/mol. The molecule has 0 fully saturated rings. The van der Waals surface area contributed by atoms with Crippen LogP contribution in [0.3, 0.4) is 0 Å². The van der Waals surface area contributed by atoms with E-state index in [1.165, 1.54) is 64.0 Å². The molecule has 0 unspecified atom stereocenters. The van der Waals surface area contributed by atoms with Crippen LogP contribution < -0.4 is 4.90 Å². The summed E-state index contributed by atoms with van der Waals surface area (Å²) in [5.74, 6) is 0. The zero-order valence-corrected chi connectivity index (χ0v) is 23.8. The highest BCUT2D eigenvalue weighted by Crippen LogP contribution is 2.35. The summed E-state index contributed by atoms with van der Waals surface area (Å²) in [5.41, 5.74) is 11.1. The van der Waals surface area contributed by atoms with E-state index < -0.39 is 0 Å². The molecule has 0 aliphatic rings. The average Bonchev–Trinajstić information content (AvgIpc) is 3.03. The second-order valence-corrected chi connectivity index (χ2v) is 10.4. The van der Waals surface area contributed by atoms with Crippen molar-refractivity contribution in [2.75, 3.05) is 4.90 Å². The molecule has 0 N–H and O–H groups in total. The summed E-state index contributed by atoms with van der Waals surface area (Å²) < 4.78 is 0. The molecule has 5 aromatic carbocycles. The summed E-state index contributed by atoms with van der Waals surface area (Å²) in [5, 5.41) is 0. The molecule has 0 bridgehead atoms. The number of hydrogen-bond donors (Lipinski definition) is 0. The van der Waals surface area contributed by atoms with Crippen LogP contribution >= 0.6 is 0 Å². The molecule has 0 saturated carbocycles. The highest BCUT2D eigenvalue weighted by Gasteiger charge is 2.13. The topological polar surface area (TPSA) is 3.24 Å². The van der Waals surface area contributed by atoms with Crippen molar-refractivity contribution in [2.45, 2.75) is 46.0 Å². The molecule has 40 heavy (non-hydrogen) atoms. The van der Waals surface area contributed by atoms with E-state index in [0.29, 0.717) is 0 Å². The molecule has 0 aromatic heterocycles. The molecule has 0 saturated heterocycles. The molecular weight excluding hydrogens is 482 g/mol. The van der Waals surface area contributed by atoms with Crippen molar-refractivity contribution in [1.82, 2.24) is 0 Å². The van der Waals surface area contributed by atoms with Crippen molar-refractivity contribution in [1.29, 1.82) is 0 Å². The smallest absolute Gasteiger partial charge is 0.0462 e. The number of anilines is 3. The van der Waals surface area contributed by atoms with Crippen molar-refractivity contribution in [2.24, 2.45) is 0 Å². The Bertz CT molecular complexity index is 1440. The van der Waals surface area contributed by atoms with Gasteiger partial charge in [0.25, 0.3) is 0 Å². The van der Waals surface area contributed by atoms with E-state index in [1.807, 2.05) is 0 Å². The molecule has 0 amide bonds. The van der Waals surface area contributed by atoms with Crippen LogP contribution in [0.25, 0.3) is 11.6 Å². The van der Waals surface area contributed by atoms with Crippen molar-refractivity contribution in [3.8, 4) is 0 Å². The first-order valence-electron chi connectivity index (χ1n) is 14.7. The maximum absolute atomic E-state index is 2.36. The highest BCUT2D eigenvalue weighted by atomic mass is 15.1. The third kappa shape index (κ3) is 6.79. The normalized spacial score (nSPS) is 10.8. The van der Waals surface area contributed by atoms with Crippen molar-refractivity contribution in [3.63, 3.8) is 0 Å². The first kappa shape index (κ1) is 27.2. The molecule has 0 aliphatic heterocycles. The average molecular weight is 522 g/mol. The van der Waals surface area contributed by atoms with Gasteiger partial charge in [-0.2, -0.15) is 0 Å². The third-order valence-corrected chi connectivity index (χ3v) is 7.50. The molecule has 0 atom stereocenters. The Balaban J connectivity index is 1.49. The van der Waals surface area contributed by atoms with Gasteiger partial charge in [-0.3, -0.25) is 0 Å². The lowest BCUT2D eigenvalue weighted by Crippen LogP contribution is -2.10. The van der Waals surface area contributed by atoms with Crippen LogP contribution in [0.4, 0.5) is 17.1 Å². The Morgan fingerprint density at radius 1 is 0.525 bits per heavy atom. The molecule has 1 heteroatoms. The Kier molecular flexibility index (Phi) is 9.27. The Hall–Kier alpha value is -4.36. The molecule has 0 aliphatic carbocycles. The van der Waals surface area contributed by atoms with Crippen LogP contribution in [0.2, 0.25) is 0 Å². The minimum atomic E-state index is 1.04. The van der Waals surface area contributed by atoms with E-state index in [1.54, 1.807) is 0 Å². The number of rotatable bonds is 11. The van der Waals surface area contributed by atoms with E-state index in [-0.39, 0.29) is 0 Å². The molecular formula is C39H39N. The number of unbranched alkanes of at least 4 members (excludes halogenated alkanes) is 2. The van der Waals surface area contributed by atoms with Gasteiger partial charge in [-0.15, -0.1) is 0 Å². The van der Waals surface area contributed by atoms with Crippen LogP contribution in [0, 0.1) is 0 Å². The summed E-state index contributed by atoms with van der Waals surface area (Å²) in [6.07, 6.45) is 8.27. The number of hydrogen-bond acceptors (Lipinski definition) is 1. The van der Waals surface area contributed by atoms with E-state index in [9.17, 15) is 0 Å². The van der Waals surface area contributed by atoms with Crippen molar-refractivity contribution in [3.05, 3.63) is 161 Å². The molecule has 200 valence electrons. The summed E-state index contributed by atoms with van der Waals surface area (Å²) in [6.45, 7) is 4.46.